The molecule has 0 saturated heterocycles. The molecule has 3 aromatic rings. The first-order valence-electron chi connectivity index (χ1n) is 7.70. The molecule has 4 rings (SSSR count). The van der Waals surface area contributed by atoms with E-state index in [2.05, 4.69) is 0 Å². The Morgan fingerprint density at radius 2 is 1.81 bits per heavy atom. The fourth-order valence-corrected chi connectivity index (χ4v) is 2.89. The Balaban J connectivity index is 1.80. The van der Waals surface area contributed by atoms with Gasteiger partial charge >= 0.3 is 5.63 Å². The zero-order valence-electron chi connectivity index (χ0n) is 13.5. The number of carbonyl (C=O) groups excluding carboxylic acids is 1. The van der Waals surface area contributed by atoms with Crippen LogP contribution in [-0.4, -0.2) is 10.7 Å². The molecule has 0 fully saturated rings. The third-order valence-corrected chi connectivity index (χ3v) is 4.15. The Labute approximate surface area is 146 Å². The summed E-state index contributed by atoms with van der Waals surface area (Å²) in [5.74, 6) is -0.0346. The predicted molar refractivity (Wildman–Crippen MR) is 93.3 cm³/mol. The Morgan fingerprint density at radius 3 is 2.50 bits per heavy atom. The van der Waals surface area contributed by atoms with Gasteiger partial charge in [-0.15, -0.1) is 0 Å². The molecule has 0 radical (unpaired) electrons. The van der Waals surface area contributed by atoms with Gasteiger partial charge in [0.05, 0.1) is 4.92 Å². The van der Waals surface area contributed by atoms with Crippen molar-refractivity contribution in [3.8, 4) is 5.75 Å². The summed E-state index contributed by atoms with van der Waals surface area (Å²) >= 11 is 0. The van der Waals surface area contributed by atoms with E-state index in [9.17, 15) is 19.7 Å². The number of hydrogen-bond acceptors (Lipinski definition) is 6. The maximum absolute atomic E-state index is 12.7. The monoisotopic (exact) mass is 349 g/mol. The first-order chi connectivity index (χ1) is 12.4. The fourth-order valence-electron chi connectivity index (χ4n) is 2.89. The Bertz CT molecular complexity index is 1170. The van der Waals surface area contributed by atoms with Crippen molar-refractivity contribution in [2.45, 2.75) is 6.92 Å². The number of aryl methyl sites for hydroxylation is 1. The third kappa shape index (κ3) is 2.46. The average Bonchev–Trinajstić information content (AvgIpc) is 2.91. The van der Waals surface area contributed by atoms with E-state index in [4.69, 9.17) is 9.15 Å². The van der Waals surface area contributed by atoms with Gasteiger partial charge in [-0.1, -0.05) is 0 Å². The zero-order valence-corrected chi connectivity index (χ0v) is 13.5. The molecule has 26 heavy (non-hydrogen) atoms. The quantitative estimate of drug-likeness (QED) is 0.303. The number of non-ortho nitro benzene ring substituents is 1. The van der Waals surface area contributed by atoms with Gasteiger partial charge in [0.25, 0.3) is 5.69 Å². The summed E-state index contributed by atoms with van der Waals surface area (Å²) in [5.41, 5.74) is 1.11. The van der Waals surface area contributed by atoms with Gasteiger partial charge in [-0.3, -0.25) is 14.9 Å². The second-order valence-corrected chi connectivity index (χ2v) is 5.85. The molecule has 0 atom stereocenters. The van der Waals surface area contributed by atoms with Crippen molar-refractivity contribution in [1.29, 1.82) is 0 Å². The van der Waals surface area contributed by atoms with Gasteiger partial charge in [0.15, 0.2) is 11.3 Å². The van der Waals surface area contributed by atoms with E-state index in [-0.39, 0.29) is 22.6 Å². The summed E-state index contributed by atoms with van der Waals surface area (Å²) in [7, 11) is 0. The number of benzene rings is 2. The largest absolute Gasteiger partial charge is 0.452 e. The Kier molecular flexibility index (Phi) is 3.43. The van der Waals surface area contributed by atoms with Crippen molar-refractivity contribution in [1.82, 2.24) is 0 Å². The molecule has 0 unspecified atom stereocenters. The topological polar surface area (TPSA) is 99.7 Å². The van der Waals surface area contributed by atoms with E-state index in [0.29, 0.717) is 22.3 Å². The fraction of sp³-hybridized carbons (Fsp3) is 0.0526. The van der Waals surface area contributed by atoms with Crippen molar-refractivity contribution >= 4 is 28.5 Å². The van der Waals surface area contributed by atoms with Gasteiger partial charge in [0.2, 0.25) is 5.78 Å². The lowest BCUT2D eigenvalue weighted by atomic mass is 10.0. The van der Waals surface area contributed by atoms with Crippen LogP contribution in [0.3, 0.4) is 0 Å². The molecular weight excluding hydrogens is 338 g/mol. The number of nitro benzene ring substituents is 1. The number of ether oxygens (including phenoxy) is 1. The molecule has 7 heteroatoms. The molecule has 1 aromatic heterocycles. The number of carbonyl (C=O) groups is 1. The van der Waals surface area contributed by atoms with Crippen LogP contribution in [-0.2, 0) is 0 Å². The van der Waals surface area contributed by atoms with Crippen LogP contribution in [0, 0.1) is 17.0 Å². The van der Waals surface area contributed by atoms with Crippen LogP contribution in [0.4, 0.5) is 5.69 Å². The van der Waals surface area contributed by atoms with Crippen molar-refractivity contribution in [2.75, 3.05) is 0 Å². The summed E-state index contributed by atoms with van der Waals surface area (Å²) in [6, 6.07) is 10.5. The minimum atomic E-state index is -0.538. The van der Waals surface area contributed by atoms with Crippen LogP contribution in [0.2, 0.25) is 0 Å². The number of ketones is 1. The lowest BCUT2D eigenvalue weighted by molar-refractivity contribution is -0.384. The molecule has 2 aromatic carbocycles. The van der Waals surface area contributed by atoms with Gasteiger partial charge in [-0.05, 0) is 48.4 Å². The lowest BCUT2D eigenvalue weighted by Gasteiger charge is -2.02. The predicted octanol–water partition coefficient (Wildman–Crippen LogP) is 3.63. The van der Waals surface area contributed by atoms with Crippen LogP contribution in [0.25, 0.3) is 17.0 Å². The molecule has 1 aliphatic rings. The molecule has 7 nitrogen and oxygen atoms in total. The van der Waals surface area contributed by atoms with Gasteiger partial charge in [-0.2, -0.15) is 0 Å². The highest BCUT2D eigenvalue weighted by Crippen LogP contribution is 2.37. The maximum Gasteiger partial charge on any atom is 0.336 e. The molecule has 0 N–H and O–H groups in total. The molecule has 1 aliphatic heterocycles. The second kappa shape index (κ2) is 5.66. The van der Waals surface area contributed by atoms with Gasteiger partial charge in [0, 0.05) is 23.6 Å². The van der Waals surface area contributed by atoms with E-state index in [0.717, 1.165) is 0 Å². The Morgan fingerprint density at radius 1 is 1.08 bits per heavy atom. The van der Waals surface area contributed by atoms with Crippen LogP contribution in [0.1, 0.15) is 21.5 Å². The number of nitrogens with zero attached hydrogens (tertiary/aromatic N) is 1. The highest BCUT2D eigenvalue weighted by molar-refractivity contribution is 6.20. The van der Waals surface area contributed by atoms with E-state index < -0.39 is 16.3 Å². The number of rotatable bonds is 2. The number of Topliss-reactive ketones (excluding diaryl/α,β-unsaturated/α-hetero) is 1. The van der Waals surface area contributed by atoms with Crippen LogP contribution >= 0.6 is 0 Å². The Hall–Kier alpha value is -3.74. The molecule has 0 saturated carbocycles. The minimum absolute atomic E-state index is 0.0441. The van der Waals surface area contributed by atoms with Crippen LogP contribution < -0.4 is 10.4 Å². The maximum atomic E-state index is 12.7. The summed E-state index contributed by atoms with van der Waals surface area (Å²) in [6.45, 7) is 1.76. The van der Waals surface area contributed by atoms with Crippen LogP contribution in [0.15, 0.2) is 57.4 Å². The standard InChI is InChI=1S/C19H11NO6/c1-10-8-16(21)26-19-13(10)6-7-14-17(19)18(22)15(25-14)9-11-2-4-12(5-3-11)20(23)24/h2-9H,1H3/b15-9-. The molecule has 0 spiro atoms. The SMILES string of the molecule is Cc1cc(=O)oc2c3c(ccc12)O/C(=C\c1ccc([N+](=O)[O-])cc1)C3=O. The van der Waals surface area contributed by atoms with Gasteiger partial charge in [-0.25, -0.2) is 4.79 Å². The van der Waals surface area contributed by atoms with Gasteiger partial charge < -0.3 is 9.15 Å². The summed E-state index contributed by atoms with van der Waals surface area (Å²) in [4.78, 5) is 34.6. The number of hydrogen-bond donors (Lipinski definition) is 0. The molecule has 0 aliphatic carbocycles. The van der Waals surface area contributed by atoms with Crippen molar-refractivity contribution in [2.24, 2.45) is 0 Å². The van der Waals surface area contributed by atoms with E-state index in [1.54, 1.807) is 19.1 Å². The summed E-state index contributed by atoms with van der Waals surface area (Å²) in [5, 5.41) is 11.4. The van der Waals surface area contributed by atoms with E-state index >= 15 is 0 Å². The number of nitro groups is 1. The van der Waals surface area contributed by atoms with Gasteiger partial charge in [0.1, 0.15) is 11.3 Å². The molecule has 128 valence electrons. The highest BCUT2D eigenvalue weighted by atomic mass is 16.6. The molecular formula is C19H11NO6. The smallest absolute Gasteiger partial charge is 0.336 e. The van der Waals surface area contributed by atoms with Crippen molar-refractivity contribution in [3.63, 3.8) is 0 Å². The van der Waals surface area contributed by atoms with E-state index in [1.807, 2.05) is 0 Å². The highest BCUT2D eigenvalue weighted by Gasteiger charge is 2.31. The average molecular weight is 349 g/mol. The summed E-state index contributed by atoms with van der Waals surface area (Å²) in [6.07, 6.45) is 1.49. The number of allylic oxidation sites excluding steroid dienone is 1. The normalized spacial score (nSPS) is 14.5. The van der Waals surface area contributed by atoms with E-state index in [1.165, 1.54) is 36.4 Å². The molecule has 2 heterocycles. The third-order valence-electron chi connectivity index (χ3n) is 4.15. The van der Waals surface area contributed by atoms with Crippen molar-refractivity contribution < 1.29 is 18.9 Å². The molecule has 0 bridgehead atoms. The molecule has 0 amide bonds. The zero-order chi connectivity index (χ0) is 18.4. The van der Waals surface area contributed by atoms with Crippen LogP contribution in [0.5, 0.6) is 5.75 Å². The number of fused-ring (bicyclic) bond motifs is 3. The first kappa shape index (κ1) is 15.8. The summed E-state index contributed by atoms with van der Waals surface area (Å²) < 4.78 is 10.8. The minimum Gasteiger partial charge on any atom is -0.452 e. The van der Waals surface area contributed by atoms with Crippen molar-refractivity contribution in [3.05, 3.63) is 85.4 Å². The second-order valence-electron chi connectivity index (χ2n) is 5.85. The lowest BCUT2D eigenvalue weighted by Crippen LogP contribution is -2.02. The first-order valence-corrected chi connectivity index (χ1v) is 7.70.